The van der Waals surface area contributed by atoms with E-state index in [1.165, 1.54) is 60.3 Å². The van der Waals surface area contributed by atoms with Crippen LogP contribution in [-0.2, 0) is 14.3 Å². The van der Waals surface area contributed by atoms with Crippen molar-refractivity contribution in [3.05, 3.63) is 88.0 Å². The van der Waals surface area contributed by atoms with Crippen molar-refractivity contribution in [2.45, 2.75) is 78.7 Å². The number of ether oxygens (including phenoxy) is 5. The molecule has 2 aromatic carbocycles. The molecule has 3 heterocycles. The number of hydrogen-bond donors (Lipinski definition) is 6. The summed E-state index contributed by atoms with van der Waals surface area (Å²) in [6.07, 6.45) is 3.14. The van der Waals surface area contributed by atoms with E-state index in [0.29, 0.717) is 5.75 Å². The van der Waals surface area contributed by atoms with Crippen molar-refractivity contribution in [3.63, 3.8) is 0 Å². The van der Waals surface area contributed by atoms with Crippen molar-refractivity contribution in [1.82, 2.24) is 5.32 Å². The zero-order valence-electron chi connectivity index (χ0n) is 34.2. The number of phenols is 1. The van der Waals surface area contributed by atoms with Crippen molar-refractivity contribution in [2.24, 2.45) is 23.7 Å². The first-order chi connectivity index (χ1) is 27.3. The van der Waals surface area contributed by atoms with Crippen LogP contribution in [0.25, 0.3) is 0 Å². The molecule has 6 rings (SSSR count). The van der Waals surface area contributed by atoms with Crippen LogP contribution in [0.15, 0.2) is 65.7 Å². The predicted octanol–water partition coefficient (Wildman–Crippen LogP) is 4.52. The van der Waals surface area contributed by atoms with E-state index in [1.54, 1.807) is 52.0 Å². The van der Waals surface area contributed by atoms with Crippen LogP contribution in [0.1, 0.15) is 78.2 Å². The number of aliphatic hydroxyl groups excluding tert-OH is 3. The van der Waals surface area contributed by atoms with Gasteiger partial charge in [-0.2, -0.15) is 0 Å². The van der Waals surface area contributed by atoms with E-state index in [1.807, 2.05) is 0 Å². The van der Waals surface area contributed by atoms with Gasteiger partial charge in [0, 0.05) is 60.6 Å². The normalized spacial score (nSPS) is 29.4. The van der Waals surface area contributed by atoms with Crippen molar-refractivity contribution in [2.75, 3.05) is 26.6 Å². The van der Waals surface area contributed by atoms with Crippen LogP contribution < -0.4 is 24.8 Å². The number of rotatable bonds is 5. The summed E-state index contributed by atoms with van der Waals surface area (Å²) >= 11 is 0. The number of hydrogen-bond acceptors (Lipinski definition) is 14. The fourth-order valence-electron chi connectivity index (χ4n) is 7.48. The number of carbonyl (C=O) groups is 4. The lowest BCUT2D eigenvalue weighted by Gasteiger charge is -2.36. The van der Waals surface area contributed by atoms with Gasteiger partial charge < -0.3 is 54.7 Å². The van der Waals surface area contributed by atoms with Gasteiger partial charge >= 0.3 is 5.79 Å². The maximum absolute atomic E-state index is 14.7. The molecule has 0 spiro atoms. The topological polar surface area (TPSA) is 219 Å². The summed E-state index contributed by atoms with van der Waals surface area (Å²) in [6.45, 7) is 11.0. The maximum Gasteiger partial charge on any atom is 0.312 e. The van der Waals surface area contributed by atoms with Crippen molar-refractivity contribution >= 4 is 28.9 Å². The predicted molar refractivity (Wildman–Crippen MR) is 212 cm³/mol. The number of Topliss-reactive ketones (excluding diaryl/α,β-unsaturated/α-hetero) is 3. The zero-order chi connectivity index (χ0) is 43.0. The Labute approximate surface area is 337 Å². The smallest absolute Gasteiger partial charge is 0.312 e. The molecule has 3 aliphatic heterocycles. The first-order valence-corrected chi connectivity index (χ1v) is 18.9. The Morgan fingerprint density at radius 1 is 0.810 bits per heavy atom. The highest BCUT2D eigenvalue weighted by Crippen LogP contribution is 2.49. The third-order valence-corrected chi connectivity index (χ3v) is 11.3. The summed E-state index contributed by atoms with van der Waals surface area (Å²) in [5.41, 5.74) is -1.90. The van der Waals surface area contributed by atoms with Gasteiger partial charge in [0.2, 0.25) is 11.6 Å². The number of allylic oxidation sites excluding steroid dienone is 4. The molecule has 58 heavy (non-hydrogen) atoms. The van der Waals surface area contributed by atoms with Crippen LogP contribution >= 0.6 is 0 Å². The van der Waals surface area contributed by atoms with Gasteiger partial charge in [0.25, 0.3) is 11.7 Å². The molecule has 0 saturated heterocycles. The SMILES string of the molecule is COc1ccc(NC2=C3NC(=O)C(C)=CC=CC(C)C(O)C(C)C(O)C(C)C(O)C(C)C(OC)C=COC4(C)Oc5c(C)c(O)c(c(c5C4=O)C2=O)C3=O)cc1OC. The highest BCUT2D eigenvalue weighted by Gasteiger charge is 2.52. The fourth-order valence-corrected chi connectivity index (χ4v) is 7.48. The summed E-state index contributed by atoms with van der Waals surface area (Å²) < 4.78 is 28.3. The van der Waals surface area contributed by atoms with Gasteiger partial charge in [0.05, 0.1) is 61.6 Å². The molecule has 312 valence electrons. The molecule has 4 aliphatic rings. The molecule has 2 aromatic rings. The molecule has 9 atom stereocenters. The highest BCUT2D eigenvalue weighted by molar-refractivity contribution is 6.33. The molecule has 9 unspecified atom stereocenters. The lowest BCUT2D eigenvalue weighted by molar-refractivity contribution is -0.116. The monoisotopic (exact) mass is 804 g/mol. The second kappa shape index (κ2) is 17.2. The first kappa shape index (κ1) is 43.6. The Balaban J connectivity index is 1.69. The lowest BCUT2D eigenvalue weighted by Crippen LogP contribution is -2.45. The molecule has 1 aliphatic carbocycles. The highest BCUT2D eigenvalue weighted by atomic mass is 16.7. The summed E-state index contributed by atoms with van der Waals surface area (Å²) in [5, 5.41) is 50.8. The van der Waals surface area contributed by atoms with Gasteiger partial charge in [-0.05, 0) is 32.1 Å². The Morgan fingerprint density at radius 2 is 1.45 bits per heavy atom. The lowest BCUT2D eigenvalue weighted by atomic mass is 9.78. The van der Waals surface area contributed by atoms with Crippen LogP contribution in [-0.4, -0.2) is 95.2 Å². The molecular weight excluding hydrogens is 752 g/mol. The Morgan fingerprint density at radius 3 is 2.09 bits per heavy atom. The molecule has 5 bridgehead atoms. The number of ketones is 3. The van der Waals surface area contributed by atoms with Gasteiger partial charge in [0.1, 0.15) is 22.9 Å². The largest absolute Gasteiger partial charge is 0.507 e. The number of anilines is 1. The van der Waals surface area contributed by atoms with Gasteiger partial charge in [-0.15, -0.1) is 0 Å². The summed E-state index contributed by atoms with van der Waals surface area (Å²) in [5.74, 6) is -8.33. The van der Waals surface area contributed by atoms with Crippen LogP contribution in [0.5, 0.6) is 23.0 Å². The Bertz CT molecular complexity index is 2120. The first-order valence-electron chi connectivity index (χ1n) is 18.9. The number of carbonyl (C=O) groups excluding carboxylic acids is 4. The van der Waals surface area contributed by atoms with Gasteiger partial charge in [-0.25, -0.2) is 0 Å². The van der Waals surface area contributed by atoms with Crippen molar-refractivity contribution in [1.29, 1.82) is 0 Å². The molecule has 15 heteroatoms. The number of nitrogens with one attached hydrogen (secondary N) is 2. The summed E-state index contributed by atoms with van der Waals surface area (Å²) in [7, 11) is 4.27. The minimum absolute atomic E-state index is 0.0298. The third kappa shape index (κ3) is 7.86. The second-order valence-electron chi connectivity index (χ2n) is 15.2. The third-order valence-electron chi connectivity index (χ3n) is 11.3. The summed E-state index contributed by atoms with van der Waals surface area (Å²) in [6, 6.07) is 4.60. The van der Waals surface area contributed by atoms with Gasteiger partial charge in [-0.3, -0.25) is 19.2 Å². The second-order valence-corrected chi connectivity index (χ2v) is 15.2. The number of benzene rings is 2. The number of aliphatic hydroxyl groups is 3. The standard InChI is InChI=1S/C43H52N2O13/c1-19-12-11-13-20(2)42(53)45-33-32(44-25-14-15-27(55-9)28(18-25)56-10)38(50)29-30(39(33)51)37(49)24(6)40-31(29)41(52)43(7,58-40)57-17-16-26(54-8)21(3)35(47)23(5)36(48)22(4)34(19)46/h11-19,21-23,26,34-36,44,46-49H,1-10H3,(H,45,53). The minimum atomic E-state index is -2.10. The number of amides is 1. The number of phenolic OH excluding ortho intramolecular Hbond substituents is 1. The van der Waals surface area contributed by atoms with E-state index in [2.05, 4.69) is 10.6 Å². The van der Waals surface area contributed by atoms with Crippen molar-refractivity contribution < 1.29 is 63.3 Å². The number of aromatic hydroxyl groups is 1. The van der Waals surface area contributed by atoms with E-state index < -0.39 is 105 Å². The van der Waals surface area contributed by atoms with Crippen LogP contribution in [0.2, 0.25) is 0 Å². The maximum atomic E-state index is 14.7. The summed E-state index contributed by atoms with van der Waals surface area (Å²) in [4.78, 5) is 57.3. The van der Waals surface area contributed by atoms with E-state index in [4.69, 9.17) is 23.7 Å². The van der Waals surface area contributed by atoms with E-state index in [0.717, 1.165) is 6.26 Å². The molecule has 0 saturated carbocycles. The molecule has 1 amide bonds. The zero-order valence-corrected chi connectivity index (χ0v) is 34.2. The van der Waals surface area contributed by atoms with Gasteiger partial charge in [-0.1, -0.05) is 45.9 Å². The fraction of sp³-hybridized carbons (Fsp3) is 0.442. The van der Waals surface area contributed by atoms with Gasteiger partial charge in [0.15, 0.2) is 11.5 Å². The van der Waals surface area contributed by atoms with E-state index in [-0.39, 0.29) is 33.9 Å². The number of methoxy groups -OCH3 is 3. The Kier molecular flexibility index (Phi) is 12.9. The molecular formula is C43H52N2O13. The average Bonchev–Trinajstić information content (AvgIpc) is 3.47. The van der Waals surface area contributed by atoms with Crippen molar-refractivity contribution in [3.8, 4) is 23.0 Å². The van der Waals surface area contributed by atoms with Crippen LogP contribution in [0, 0.1) is 30.6 Å². The Hall–Kier alpha value is -5.48. The average molecular weight is 805 g/mol. The number of fused-ring (bicyclic) bond motifs is 14. The molecule has 6 N–H and O–H groups in total. The van der Waals surface area contributed by atoms with Crippen LogP contribution in [0.3, 0.4) is 0 Å². The molecule has 0 fully saturated rings. The van der Waals surface area contributed by atoms with E-state index >= 15 is 0 Å². The van der Waals surface area contributed by atoms with Crippen LogP contribution in [0.4, 0.5) is 5.69 Å². The minimum Gasteiger partial charge on any atom is -0.507 e. The van der Waals surface area contributed by atoms with E-state index in [9.17, 15) is 39.6 Å². The molecule has 15 nitrogen and oxygen atoms in total. The quantitative estimate of drug-likeness (QED) is 0.245. The molecule has 0 radical (unpaired) electrons. The molecule has 0 aromatic heterocycles.